The van der Waals surface area contributed by atoms with Gasteiger partial charge in [-0.3, -0.25) is 0 Å². The molecule has 70 valence electrons. The number of aromatic carboxylic acids is 1. The first-order valence-corrected chi connectivity index (χ1v) is 3.74. The van der Waals surface area contributed by atoms with Crippen molar-refractivity contribution in [2.75, 3.05) is 0 Å². The molecular formula is C9H9O4-. The monoisotopic (exact) mass is 181 g/mol. The average molecular weight is 181 g/mol. The Hall–Kier alpha value is -1.39. The summed E-state index contributed by atoms with van der Waals surface area (Å²) in [6.07, 6.45) is 0. The lowest BCUT2D eigenvalue weighted by atomic mass is 10.0. The van der Waals surface area contributed by atoms with Crippen LogP contribution in [0.4, 0.5) is 0 Å². The highest BCUT2D eigenvalue weighted by atomic mass is 16.4. The number of benzene rings is 1. The van der Waals surface area contributed by atoms with Crippen LogP contribution in [-0.4, -0.2) is 16.2 Å². The van der Waals surface area contributed by atoms with Crippen LogP contribution in [0, 0.1) is 0 Å². The molecule has 0 saturated heterocycles. The summed E-state index contributed by atoms with van der Waals surface area (Å²) in [4.78, 5) is 10.6. The molecule has 0 heterocycles. The van der Waals surface area contributed by atoms with Gasteiger partial charge in [-0.05, 0) is 11.1 Å². The van der Waals surface area contributed by atoms with Crippen molar-refractivity contribution < 1.29 is 20.1 Å². The Bertz CT molecular complexity index is 297. The molecule has 0 amide bonds. The Morgan fingerprint density at radius 1 is 1.23 bits per heavy atom. The van der Waals surface area contributed by atoms with E-state index in [0.717, 1.165) is 0 Å². The molecule has 0 bridgehead atoms. The van der Waals surface area contributed by atoms with Crippen LogP contribution in [-0.2, 0) is 13.2 Å². The van der Waals surface area contributed by atoms with Gasteiger partial charge in [0.15, 0.2) is 0 Å². The largest absolute Gasteiger partial charge is 0.545 e. The van der Waals surface area contributed by atoms with E-state index in [1.54, 1.807) is 6.07 Å². The van der Waals surface area contributed by atoms with E-state index in [9.17, 15) is 9.90 Å². The van der Waals surface area contributed by atoms with E-state index >= 15 is 0 Å². The highest BCUT2D eigenvalue weighted by Crippen LogP contribution is 2.14. The molecule has 0 aliphatic heterocycles. The summed E-state index contributed by atoms with van der Waals surface area (Å²) in [5.41, 5.74) is 0.394. The minimum atomic E-state index is -1.38. The van der Waals surface area contributed by atoms with Gasteiger partial charge in [0.1, 0.15) is 0 Å². The first-order chi connectivity index (χ1) is 6.20. The van der Waals surface area contributed by atoms with Crippen molar-refractivity contribution in [1.82, 2.24) is 0 Å². The van der Waals surface area contributed by atoms with Crippen molar-refractivity contribution in [1.29, 1.82) is 0 Å². The zero-order chi connectivity index (χ0) is 9.84. The lowest BCUT2D eigenvalue weighted by molar-refractivity contribution is -0.255. The maximum Gasteiger partial charge on any atom is 0.0722 e. The molecule has 0 fully saturated rings. The quantitative estimate of drug-likeness (QED) is 0.629. The third-order valence-corrected chi connectivity index (χ3v) is 1.78. The Balaban J connectivity index is 3.29. The van der Waals surface area contributed by atoms with Crippen LogP contribution in [0.15, 0.2) is 18.2 Å². The number of carbonyl (C=O) groups is 1. The van der Waals surface area contributed by atoms with Gasteiger partial charge in [0.25, 0.3) is 0 Å². The van der Waals surface area contributed by atoms with Gasteiger partial charge in [0.2, 0.25) is 0 Å². The first kappa shape index (κ1) is 9.70. The molecule has 4 heteroatoms. The highest BCUT2D eigenvalue weighted by molar-refractivity contribution is 5.89. The molecule has 1 aromatic carbocycles. The van der Waals surface area contributed by atoms with Gasteiger partial charge in [-0.2, -0.15) is 0 Å². The van der Waals surface area contributed by atoms with Crippen molar-refractivity contribution in [3.8, 4) is 0 Å². The van der Waals surface area contributed by atoms with Crippen molar-refractivity contribution >= 4 is 5.97 Å². The minimum absolute atomic E-state index is 0.118. The molecule has 0 radical (unpaired) electrons. The number of hydrogen-bond donors (Lipinski definition) is 2. The topological polar surface area (TPSA) is 80.6 Å². The van der Waals surface area contributed by atoms with Crippen molar-refractivity contribution in [3.05, 3.63) is 34.9 Å². The Labute approximate surface area is 75.1 Å². The minimum Gasteiger partial charge on any atom is -0.545 e. The maximum absolute atomic E-state index is 10.6. The second-order valence-electron chi connectivity index (χ2n) is 2.55. The number of aliphatic hydroxyl groups excluding tert-OH is 2. The average Bonchev–Trinajstić information content (AvgIpc) is 2.16. The summed E-state index contributed by atoms with van der Waals surface area (Å²) in [6.45, 7) is -0.756. The van der Waals surface area contributed by atoms with Crippen LogP contribution >= 0.6 is 0 Å². The van der Waals surface area contributed by atoms with Crippen molar-refractivity contribution in [2.24, 2.45) is 0 Å². The summed E-state index contributed by atoms with van der Waals surface area (Å²) >= 11 is 0. The number of carboxylic acids is 1. The Morgan fingerprint density at radius 3 is 2.00 bits per heavy atom. The lowest BCUT2D eigenvalue weighted by Crippen LogP contribution is -2.25. The van der Waals surface area contributed by atoms with Crippen LogP contribution < -0.4 is 5.11 Å². The molecule has 0 aliphatic rings. The van der Waals surface area contributed by atoms with Gasteiger partial charge in [-0.25, -0.2) is 0 Å². The fourth-order valence-corrected chi connectivity index (χ4v) is 1.18. The van der Waals surface area contributed by atoms with Crippen LogP contribution in [0.3, 0.4) is 0 Å². The molecule has 2 N–H and O–H groups in total. The smallest absolute Gasteiger partial charge is 0.0722 e. The van der Waals surface area contributed by atoms with Crippen molar-refractivity contribution in [3.63, 3.8) is 0 Å². The van der Waals surface area contributed by atoms with Crippen molar-refractivity contribution in [2.45, 2.75) is 13.2 Å². The molecule has 0 atom stereocenters. The summed E-state index contributed by atoms with van der Waals surface area (Å²) < 4.78 is 0. The number of rotatable bonds is 3. The molecule has 0 saturated carbocycles. The van der Waals surface area contributed by atoms with Gasteiger partial charge < -0.3 is 20.1 Å². The summed E-state index contributed by atoms with van der Waals surface area (Å²) in [7, 11) is 0. The van der Waals surface area contributed by atoms with Gasteiger partial charge in [-0.1, -0.05) is 18.2 Å². The van der Waals surface area contributed by atoms with E-state index in [0.29, 0.717) is 0 Å². The SMILES string of the molecule is O=C([O-])c1c(CO)cccc1CO. The van der Waals surface area contributed by atoms with E-state index in [1.807, 2.05) is 0 Å². The zero-order valence-corrected chi connectivity index (χ0v) is 6.86. The number of carbonyl (C=O) groups excluding carboxylic acids is 1. The van der Waals surface area contributed by atoms with Crippen LogP contribution in [0.1, 0.15) is 21.5 Å². The molecule has 0 aliphatic carbocycles. The Morgan fingerprint density at radius 2 is 1.69 bits per heavy atom. The van der Waals surface area contributed by atoms with Gasteiger partial charge in [0, 0.05) is 5.56 Å². The molecule has 0 spiro atoms. The predicted octanol–water partition coefficient (Wildman–Crippen LogP) is -0.965. The third-order valence-electron chi connectivity index (χ3n) is 1.78. The fourth-order valence-electron chi connectivity index (χ4n) is 1.18. The summed E-state index contributed by atoms with van der Waals surface area (Å²) in [5.74, 6) is -1.38. The van der Waals surface area contributed by atoms with E-state index in [4.69, 9.17) is 10.2 Å². The van der Waals surface area contributed by atoms with E-state index < -0.39 is 5.97 Å². The number of carboxylic acid groups (broad SMARTS) is 1. The first-order valence-electron chi connectivity index (χ1n) is 3.74. The Kier molecular flexibility index (Phi) is 3.00. The van der Waals surface area contributed by atoms with Gasteiger partial charge in [0.05, 0.1) is 19.2 Å². The van der Waals surface area contributed by atoms with Crippen LogP contribution in [0.2, 0.25) is 0 Å². The van der Waals surface area contributed by atoms with Gasteiger partial charge in [-0.15, -0.1) is 0 Å². The standard InChI is InChI=1S/C9H10O4/c10-4-6-2-1-3-7(5-11)8(6)9(12)13/h1-3,10-11H,4-5H2,(H,12,13)/p-1. The van der Waals surface area contributed by atoms with Crippen LogP contribution in [0.25, 0.3) is 0 Å². The van der Waals surface area contributed by atoms with E-state index in [1.165, 1.54) is 12.1 Å². The van der Waals surface area contributed by atoms with E-state index in [2.05, 4.69) is 0 Å². The predicted molar refractivity (Wildman–Crippen MR) is 42.6 cm³/mol. The van der Waals surface area contributed by atoms with Crippen LogP contribution in [0.5, 0.6) is 0 Å². The molecule has 1 aromatic rings. The molecule has 1 rings (SSSR count). The molecule has 0 aromatic heterocycles. The maximum atomic E-state index is 10.6. The zero-order valence-electron chi connectivity index (χ0n) is 6.86. The fraction of sp³-hybridized carbons (Fsp3) is 0.222. The number of aliphatic hydroxyl groups is 2. The second kappa shape index (κ2) is 4.02. The third kappa shape index (κ3) is 1.85. The normalized spacial score (nSPS) is 10.0. The summed E-state index contributed by atoms with van der Waals surface area (Å²) in [5, 5.41) is 28.3. The summed E-state index contributed by atoms with van der Waals surface area (Å²) in [6, 6.07) is 4.53. The molecule has 13 heavy (non-hydrogen) atoms. The highest BCUT2D eigenvalue weighted by Gasteiger charge is 2.07. The number of hydrogen-bond acceptors (Lipinski definition) is 4. The molecule has 4 nitrogen and oxygen atoms in total. The molecular weight excluding hydrogens is 172 g/mol. The van der Waals surface area contributed by atoms with E-state index in [-0.39, 0.29) is 29.9 Å². The second-order valence-corrected chi connectivity index (χ2v) is 2.55. The lowest BCUT2D eigenvalue weighted by Gasteiger charge is -2.12. The molecule has 0 unspecified atom stereocenters. The van der Waals surface area contributed by atoms with Gasteiger partial charge >= 0.3 is 0 Å².